The molecule has 2 saturated heterocycles. The average molecular weight is 629 g/mol. The van der Waals surface area contributed by atoms with Gasteiger partial charge in [-0.25, -0.2) is 0 Å². The second kappa shape index (κ2) is 13.6. The van der Waals surface area contributed by atoms with Gasteiger partial charge in [-0.2, -0.15) is 0 Å². The van der Waals surface area contributed by atoms with E-state index in [-0.39, 0.29) is 17.7 Å². The van der Waals surface area contributed by atoms with Gasteiger partial charge in [0.25, 0.3) is 0 Å². The summed E-state index contributed by atoms with van der Waals surface area (Å²) in [5.41, 5.74) is 3.54. The first kappa shape index (κ1) is 31.1. The van der Waals surface area contributed by atoms with Crippen LogP contribution in [-0.4, -0.2) is 85.0 Å². The number of amides is 3. The van der Waals surface area contributed by atoms with Crippen LogP contribution in [-0.2, 0) is 33.8 Å². The Morgan fingerprint density at radius 1 is 0.978 bits per heavy atom. The molecule has 0 saturated carbocycles. The molecule has 1 spiro atoms. The normalized spacial score (nSPS) is 19.8. The van der Waals surface area contributed by atoms with Gasteiger partial charge < -0.3 is 30.7 Å². The van der Waals surface area contributed by atoms with Gasteiger partial charge in [-0.15, -0.1) is 0 Å². The van der Waals surface area contributed by atoms with Crippen molar-refractivity contribution in [2.75, 3.05) is 44.8 Å². The van der Waals surface area contributed by atoms with E-state index in [9.17, 15) is 14.4 Å². The molecule has 3 aromatic rings. The second-order valence-corrected chi connectivity index (χ2v) is 12.7. The third-order valence-electron chi connectivity index (χ3n) is 9.48. The third kappa shape index (κ3) is 6.57. The van der Waals surface area contributed by atoms with Gasteiger partial charge in [0.05, 0.1) is 12.7 Å². The molecular formula is C35H41ClN6O3. The first-order valence-electron chi connectivity index (χ1n) is 15.8. The second-order valence-electron chi connectivity index (χ2n) is 12.2. The number of nitrogens with zero attached hydrogens (tertiary/aromatic N) is 3. The van der Waals surface area contributed by atoms with Gasteiger partial charge >= 0.3 is 0 Å². The van der Waals surface area contributed by atoms with Crippen LogP contribution in [0.2, 0.25) is 5.02 Å². The Kier molecular flexibility index (Phi) is 9.40. The highest BCUT2D eigenvalue weighted by Gasteiger charge is 2.54. The smallest absolute Gasteiger partial charge is 0.250 e. The van der Waals surface area contributed by atoms with E-state index in [4.69, 9.17) is 11.6 Å². The Balaban J connectivity index is 1.19. The lowest BCUT2D eigenvalue weighted by atomic mass is 9.85. The van der Waals surface area contributed by atoms with Gasteiger partial charge in [0, 0.05) is 49.9 Å². The molecule has 2 fully saturated rings. The van der Waals surface area contributed by atoms with Crippen LogP contribution in [0, 0.1) is 0 Å². The van der Waals surface area contributed by atoms with E-state index in [0.717, 1.165) is 16.8 Å². The predicted molar refractivity (Wildman–Crippen MR) is 176 cm³/mol. The van der Waals surface area contributed by atoms with Crippen molar-refractivity contribution in [2.24, 2.45) is 0 Å². The fourth-order valence-corrected chi connectivity index (χ4v) is 7.03. The number of carbonyl (C=O) groups excluding carboxylic acids is 3. The molecule has 6 rings (SSSR count). The Hall–Kier alpha value is -3.92. The van der Waals surface area contributed by atoms with Gasteiger partial charge in [-0.3, -0.25) is 14.4 Å². The largest absolute Gasteiger partial charge is 0.343 e. The first-order valence-corrected chi connectivity index (χ1v) is 16.2. The highest BCUT2D eigenvalue weighted by Crippen LogP contribution is 2.39. The van der Waals surface area contributed by atoms with Crippen LogP contribution >= 0.6 is 11.6 Å². The van der Waals surface area contributed by atoms with Crippen LogP contribution < -0.4 is 20.9 Å². The molecule has 0 radical (unpaired) electrons. The van der Waals surface area contributed by atoms with Crippen LogP contribution in [0.1, 0.15) is 29.5 Å². The maximum atomic E-state index is 14.2. The van der Waals surface area contributed by atoms with Gasteiger partial charge in [0.1, 0.15) is 11.6 Å². The van der Waals surface area contributed by atoms with Crippen LogP contribution in [0.25, 0.3) is 0 Å². The van der Waals surface area contributed by atoms with Crippen molar-refractivity contribution in [2.45, 2.75) is 49.9 Å². The zero-order chi connectivity index (χ0) is 31.4. The summed E-state index contributed by atoms with van der Waals surface area (Å²) in [7, 11) is 1.89. The van der Waals surface area contributed by atoms with Crippen LogP contribution in [0.4, 0.5) is 5.69 Å². The Bertz CT molecular complexity index is 1510. The standard InChI is InChI=1S/C35H41ClN6O3/c1-37-17-20-41-24-42(29-9-3-2-4-10-29)35(34(41)45)15-18-40(19-16-35)33(44)31(21-25-11-13-28(36)14-12-25)39-32(43)30-22-26-7-5-6-8-27(26)23-38-30/h2-14,30-31,37-38H,15-24H2,1H3,(H,39,43)/t30?,31-/m1/s1. The minimum atomic E-state index is -0.747. The summed E-state index contributed by atoms with van der Waals surface area (Å²) in [5.74, 6) is -0.205. The van der Waals surface area contributed by atoms with Crippen LogP contribution in [0.3, 0.4) is 0 Å². The molecule has 0 aromatic heterocycles. The van der Waals surface area contributed by atoms with Crippen molar-refractivity contribution in [3.63, 3.8) is 0 Å². The van der Waals surface area contributed by atoms with E-state index in [1.54, 1.807) is 12.1 Å². The maximum absolute atomic E-state index is 14.2. The number of carbonyl (C=O) groups is 3. The molecule has 10 heteroatoms. The minimum Gasteiger partial charge on any atom is -0.343 e. The number of likely N-dealkylation sites (N-methyl/N-ethyl adjacent to an activating group) is 1. The molecule has 3 N–H and O–H groups in total. The van der Waals surface area contributed by atoms with E-state index in [2.05, 4.69) is 33.0 Å². The molecule has 45 heavy (non-hydrogen) atoms. The molecular weight excluding hydrogens is 588 g/mol. The van der Waals surface area contributed by atoms with E-state index >= 15 is 0 Å². The molecule has 1 unspecified atom stereocenters. The van der Waals surface area contributed by atoms with Crippen molar-refractivity contribution >= 4 is 35.0 Å². The van der Waals surface area contributed by atoms with Crippen LogP contribution in [0.15, 0.2) is 78.9 Å². The number of likely N-dealkylation sites (tertiary alicyclic amines) is 1. The van der Waals surface area contributed by atoms with Gasteiger partial charge in [-0.1, -0.05) is 66.2 Å². The molecule has 3 aliphatic rings. The summed E-state index contributed by atoms with van der Waals surface area (Å²) in [4.78, 5) is 47.7. The fourth-order valence-electron chi connectivity index (χ4n) is 6.91. The zero-order valence-corrected chi connectivity index (χ0v) is 26.4. The number of hydrogen-bond donors (Lipinski definition) is 3. The highest BCUT2D eigenvalue weighted by molar-refractivity contribution is 6.30. The number of fused-ring (bicyclic) bond motifs is 1. The molecule has 236 valence electrons. The summed E-state index contributed by atoms with van der Waals surface area (Å²) in [6.45, 7) is 3.31. The van der Waals surface area contributed by atoms with Crippen molar-refractivity contribution < 1.29 is 14.4 Å². The number of benzene rings is 3. The highest BCUT2D eigenvalue weighted by atomic mass is 35.5. The summed E-state index contributed by atoms with van der Waals surface area (Å²) in [6.07, 6.45) is 1.95. The molecule has 3 aliphatic heterocycles. The van der Waals surface area contributed by atoms with Gasteiger partial charge in [-0.05, 0) is 67.3 Å². The number of rotatable bonds is 9. The maximum Gasteiger partial charge on any atom is 0.250 e. The number of hydrogen-bond acceptors (Lipinski definition) is 6. The summed E-state index contributed by atoms with van der Waals surface area (Å²) in [6, 6.07) is 24.4. The first-order chi connectivity index (χ1) is 21.9. The summed E-state index contributed by atoms with van der Waals surface area (Å²) >= 11 is 6.13. The molecule has 3 amide bonds. The predicted octanol–water partition coefficient (Wildman–Crippen LogP) is 2.97. The van der Waals surface area contributed by atoms with Crippen molar-refractivity contribution in [3.05, 3.63) is 101 Å². The number of anilines is 1. The molecule has 0 aliphatic carbocycles. The Morgan fingerprint density at radius 3 is 2.38 bits per heavy atom. The molecule has 3 aromatic carbocycles. The number of nitrogens with one attached hydrogen (secondary N) is 3. The minimum absolute atomic E-state index is 0.114. The molecule has 0 bridgehead atoms. The monoisotopic (exact) mass is 628 g/mol. The van der Waals surface area contributed by atoms with E-state index in [0.29, 0.717) is 70.1 Å². The molecule has 3 heterocycles. The lowest BCUT2D eigenvalue weighted by Gasteiger charge is -2.44. The Labute approximate surface area is 269 Å². The van der Waals surface area contributed by atoms with Gasteiger partial charge in [0.15, 0.2) is 0 Å². The number of para-hydroxylation sites is 1. The SMILES string of the molecule is CNCCN1CN(c2ccccc2)C2(CCN(C(=O)[C@@H](Cc3ccc(Cl)cc3)NC(=O)C3Cc4ccccc4CN3)CC2)C1=O. The van der Waals surface area contributed by atoms with Crippen molar-refractivity contribution in [1.29, 1.82) is 0 Å². The summed E-state index contributed by atoms with van der Waals surface area (Å²) in [5, 5.41) is 10.2. The lowest BCUT2D eigenvalue weighted by molar-refractivity contribution is -0.141. The molecule has 2 atom stereocenters. The summed E-state index contributed by atoms with van der Waals surface area (Å²) < 4.78 is 0. The van der Waals surface area contributed by atoms with Crippen LogP contribution in [0.5, 0.6) is 0 Å². The average Bonchev–Trinajstić information content (AvgIpc) is 3.34. The quantitative estimate of drug-likeness (QED) is 0.337. The molecule has 9 nitrogen and oxygen atoms in total. The van der Waals surface area contributed by atoms with E-state index in [1.807, 2.05) is 71.4 Å². The van der Waals surface area contributed by atoms with E-state index < -0.39 is 17.6 Å². The van der Waals surface area contributed by atoms with Crippen molar-refractivity contribution in [3.8, 4) is 0 Å². The number of halogens is 1. The van der Waals surface area contributed by atoms with Gasteiger partial charge in [0.2, 0.25) is 17.7 Å². The lowest BCUT2D eigenvalue weighted by Crippen LogP contribution is -2.60. The topological polar surface area (TPSA) is 97.0 Å². The zero-order valence-electron chi connectivity index (χ0n) is 25.7. The fraction of sp³-hybridized carbons (Fsp3) is 0.400. The third-order valence-corrected chi connectivity index (χ3v) is 9.73. The Morgan fingerprint density at radius 2 is 1.67 bits per heavy atom. The van der Waals surface area contributed by atoms with Crippen molar-refractivity contribution in [1.82, 2.24) is 25.8 Å². The van der Waals surface area contributed by atoms with E-state index in [1.165, 1.54) is 5.56 Å². The number of piperidine rings is 1.